The van der Waals surface area contributed by atoms with Crippen molar-refractivity contribution in [3.05, 3.63) is 12.7 Å². The van der Waals surface area contributed by atoms with Crippen LogP contribution in [0.15, 0.2) is 12.7 Å². The van der Waals surface area contributed by atoms with Gasteiger partial charge in [0.15, 0.2) is 0 Å². The third-order valence-corrected chi connectivity index (χ3v) is 2.70. The van der Waals surface area contributed by atoms with Gasteiger partial charge in [-0.1, -0.05) is 0 Å². The molecule has 2 heterocycles. The molecule has 1 aliphatic rings. The molecule has 1 saturated heterocycles. The van der Waals surface area contributed by atoms with Crippen LogP contribution in [0.25, 0.3) is 0 Å². The van der Waals surface area contributed by atoms with Crippen molar-refractivity contribution in [3.63, 3.8) is 0 Å². The summed E-state index contributed by atoms with van der Waals surface area (Å²) < 4.78 is 1.67. The second-order valence-corrected chi connectivity index (χ2v) is 4.02. The number of rotatable bonds is 4. The zero-order valence-corrected chi connectivity index (χ0v) is 10.4. The van der Waals surface area contributed by atoms with E-state index in [2.05, 4.69) is 20.7 Å². The fourth-order valence-corrected chi connectivity index (χ4v) is 1.84. The largest absolute Gasteiger partial charge is 0.352 e. The summed E-state index contributed by atoms with van der Waals surface area (Å²) in [5.74, 6) is 0.0872. The first kappa shape index (κ1) is 13.9. The number of nitrogens with one attached hydrogen (secondary N) is 2. The minimum atomic E-state index is 0. The summed E-state index contributed by atoms with van der Waals surface area (Å²) >= 11 is 0. The van der Waals surface area contributed by atoms with E-state index < -0.39 is 0 Å². The Hall–Kier alpha value is -1.14. The van der Waals surface area contributed by atoms with E-state index in [0.717, 1.165) is 25.9 Å². The number of halogens is 1. The van der Waals surface area contributed by atoms with Gasteiger partial charge in [-0.15, -0.1) is 12.4 Å². The first-order valence-electron chi connectivity index (χ1n) is 5.67. The van der Waals surface area contributed by atoms with Crippen LogP contribution in [0.5, 0.6) is 0 Å². The highest BCUT2D eigenvalue weighted by Gasteiger charge is 2.14. The summed E-state index contributed by atoms with van der Waals surface area (Å²) in [7, 11) is 0. The summed E-state index contributed by atoms with van der Waals surface area (Å²) in [5, 5.41) is 10.2. The Bertz CT molecular complexity index is 323. The van der Waals surface area contributed by atoms with Crippen LogP contribution in [-0.2, 0) is 11.3 Å². The van der Waals surface area contributed by atoms with Gasteiger partial charge in [-0.25, -0.2) is 4.98 Å². The van der Waals surface area contributed by atoms with Crippen LogP contribution in [0.2, 0.25) is 0 Å². The second-order valence-electron chi connectivity index (χ2n) is 4.02. The van der Waals surface area contributed by atoms with Gasteiger partial charge in [0.05, 0.1) is 6.54 Å². The topological polar surface area (TPSA) is 71.8 Å². The number of carbonyl (C=O) groups excluding carboxylic acids is 1. The number of piperidine rings is 1. The number of aromatic nitrogens is 3. The molecule has 2 rings (SSSR count). The smallest absolute Gasteiger partial charge is 0.222 e. The number of amides is 1. The maximum absolute atomic E-state index is 11.6. The molecule has 1 aromatic rings. The molecule has 0 bridgehead atoms. The quantitative estimate of drug-likeness (QED) is 0.796. The fourth-order valence-electron chi connectivity index (χ4n) is 1.84. The Morgan fingerprint density at radius 3 is 3.12 bits per heavy atom. The Kier molecular flexibility index (Phi) is 5.93. The van der Waals surface area contributed by atoms with Gasteiger partial charge in [0.25, 0.3) is 0 Å². The number of hydrogen-bond acceptors (Lipinski definition) is 4. The normalized spacial score (nSPS) is 19.4. The van der Waals surface area contributed by atoms with Crippen LogP contribution in [-0.4, -0.2) is 39.8 Å². The highest BCUT2D eigenvalue weighted by atomic mass is 35.5. The lowest BCUT2D eigenvalue weighted by Gasteiger charge is -2.23. The number of hydrogen-bond donors (Lipinski definition) is 2. The Morgan fingerprint density at radius 2 is 2.47 bits per heavy atom. The minimum absolute atomic E-state index is 0. The molecule has 0 radical (unpaired) electrons. The van der Waals surface area contributed by atoms with E-state index in [4.69, 9.17) is 0 Å². The Morgan fingerprint density at radius 1 is 1.59 bits per heavy atom. The standard InChI is InChI=1S/C10H17N5O.ClH/c16-10(3-5-15-8-12-7-13-15)14-9-2-1-4-11-6-9;/h7-9,11H,1-6H2,(H,14,16);1H/t9-;/m1./s1. The van der Waals surface area contributed by atoms with Crippen LogP contribution >= 0.6 is 12.4 Å². The number of carbonyl (C=O) groups is 1. The molecule has 7 heteroatoms. The molecule has 1 fully saturated rings. The minimum Gasteiger partial charge on any atom is -0.352 e. The fraction of sp³-hybridized carbons (Fsp3) is 0.700. The summed E-state index contributed by atoms with van der Waals surface area (Å²) in [4.78, 5) is 15.4. The SMILES string of the molecule is Cl.O=C(CCn1cncn1)N[C@@H]1CCCNC1. The van der Waals surface area contributed by atoms with Crippen molar-refractivity contribution in [3.8, 4) is 0 Å². The van der Waals surface area contributed by atoms with E-state index in [1.807, 2.05) is 0 Å². The lowest BCUT2D eigenvalue weighted by atomic mass is 10.1. The lowest BCUT2D eigenvalue weighted by molar-refractivity contribution is -0.122. The summed E-state index contributed by atoms with van der Waals surface area (Å²) in [6, 6.07) is 0.289. The molecule has 1 aromatic heterocycles. The zero-order chi connectivity index (χ0) is 11.2. The maximum atomic E-state index is 11.6. The van der Waals surface area contributed by atoms with Gasteiger partial charge in [-0.05, 0) is 19.4 Å². The van der Waals surface area contributed by atoms with Gasteiger partial charge in [0.2, 0.25) is 5.91 Å². The first-order valence-corrected chi connectivity index (χ1v) is 5.67. The molecule has 6 nitrogen and oxygen atoms in total. The molecule has 0 spiro atoms. The molecule has 0 unspecified atom stereocenters. The van der Waals surface area contributed by atoms with E-state index in [-0.39, 0.29) is 24.4 Å². The Labute approximate surface area is 107 Å². The summed E-state index contributed by atoms with van der Waals surface area (Å²) in [6.45, 7) is 2.53. The predicted octanol–water partition coefficient (Wildman–Crippen LogP) is -0.0418. The number of nitrogens with zero attached hydrogens (tertiary/aromatic N) is 3. The summed E-state index contributed by atoms with van der Waals surface area (Å²) in [5.41, 5.74) is 0. The van der Waals surface area contributed by atoms with Gasteiger partial charge >= 0.3 is 0 Å². The second kappa shape index (κ2) is 7.24. The van der Waals surface area contributed by atoms with E-state index in [0.29, 0.717) is 13.0 Å². The average Bonchev–Trinajstić information content (AvgIpc) is 2.81. The molecule has 0 aliphatic carbocycles. The average molecular weight is 260 g/mol. The van der Waals surface area contributed by atoms with Crippen LogP contribution in [0.1, 0.15) is 19.3 Å². The van der Waals surface area contributed by atoms with E-state index >= 15 is 0 Å². The molecule has 1 atom stereocenters. The molecule has 96 valence electrons. The van der Waals surface area contributed by atoms with Crippen LogP contribution in [0.3, 0.4) is 0 Å². The number of aryl methyl sites for hydroxylation is 1. The molecule has 1 amide bonds. The van der Waals surface area contributed by atoms with Crippen LogP contribution < -0.4 is 10.6 Å². The third-order valence-electron chi connectivity index (χ3n) is 2.70. The van der Waals surface area contributed by atoms with Gasteiger partial charge in [-0.3, -0.25) is 9.48 Å². The van der Waals surface area contributed by atoms with Gasteiger partial charge in [0, 0.05) is 19.0 Å². The maximum Gasteiger partial charge on any atom is 0.222 e. The predicted molar refractivity (Wildman–Crippen MR) is 65.9 cm³/mol. The highest BCUT2D eigenvalue weighted by molar-refractivity contribution is 5.85. The summed E-state index contributed by atoms with van der Waals surface area (Å²) in [6.07, 6.45) is 5.76. The van der Waals surface area contributed by atoms with E-state index in [1.165, 1.54) is 6.33 Å². The molecule has 2 N–H and O–H groups in total. The molecular formula is C10H18ClN5O. The van der Waals surface area contributed by atoms with Crippen molar-refractivity contribution in [2.45, 2.75) is 31.8 Å². The van der Waals surface area contributed by atoms with Crippen molar-refractivity contribution in [2.75, 3.05) is 13.1 Å². The molecule has 1 aliphatic heterocycles. The third kappa shape index (κ3) is 4.70. The highest BCUT2D eigenvalue weighted by Crippen LogP contribution is 2.01. The van der Waals surface area contributed by atoms with Crippen molar-refractivity contribution in [1.29, 1.82) is 0 Å². The van der Waals surface area contributed by atoms with Gasteiger partial charge < -0.3 is 10.6 Å². The van der Waals surface area contributed by atoms with Gasteiger partial charge in [0.1, 0.15) is 12.7 Å². The van der Waals surface area contributed by atoms with Gasteiger partial charge in [-0.2, -0.15) is 5.10 Å². The van der Waals surface area contributed by atoms with Crippen molar-refractivity contribution < 1.29 is 4.79 Å². The first-order chi connectivity index (χ1) is 7.84. The van der Waals surface area contributed by atoms with Crippen LogP contribution in [0.4, 0.5) is 0 Å². The van der Waals surface area contributed by atoms with Crippen molar-refractivity contribution in [1.82, 2.24) is 25.4 Å². The molecule has 17 heavy (non-hydrogen) atoms. The van der Waals surface area contributed by atoms with E-state index in [1.54, 1.807) is 11.0 Å². The molecular weight excluding hydrogens is 242 g/mol. The molecule has 0 aromatic carbocycles. The van der Waals surface area contributed by atoms with Crippen LogP contribution in [0, 0.1) is 0 Å². The molecule has 0 saturated carbocycles. The van der Waals surface area contributed by atoms with Crippen molar-refractivity contribution in [2.24, 2.45) is 0 Å². The van der Waals surface area contributed by atoms with E-state index in [9.17, 15) is 4.79 Å². The zero-order valence-electron chi connectivity index (χ0n) is 9.63. The Balaban J connectivity index is 0.00000144. The monoisotopic (exact) mass is 259 g/mol. The van der Waals surface area contributed by atoms with Crippen molar-refractivity contribution >= 4 is 18.3 Å². The lowest BCUT2D eigenvalue weighted by Crippen LogP contribution is -2.45.